The molecule has 1 aliphatic rings. The monoisotopic (exact) mass is 497 g/mol. The van der Waals surface area contributed by atoms with Crippen LogP contribution in [-0.2, 0) is 9.59 Å². The lowest BCUT2D eigenvalue weighted by atomic mass is 9.95. The van der Waals surface area contributed by atoms with Crippen molar-refractivity contribution in [3.63, 3.8) is 0 Å². The first kappa shape index (κ1) is 24.7. The molecule has 2 heterocycles. The second-order valence-electron chi connectivity index (χ2n) is 8.57. The van der Waals surface area contributed by atoms with Gasteiger partial charge in [0.2, 0.25) is 5.91 Å². The van der Waals surface area contributed by atoms with Gasteiger partial charge in [0.1, 0.15) is 17.3 Å². The van der Waals surface area contributed by atoms with Crippen LogP contribution >= 0.6 is 11.3 Å². The van der Waals surface area contributed by atoms with Crippen molar-refractivity contribution in [3.05, 3.63) is 76.1 Å². The zero-order valence-electron chi connectivity index (χ0n) is 19.5. The van der Waals surface area contributed by atoms with E-state index in [2.05, 4.69) is 10.6 Å². The summed E-state index contributed by atoms with van der Waals surface area (Å²) in [5, 5.41) is 7.38. The molecular formula is C26H28FN3O4S. The van der Waals surface area contributed by atoms with Gasteiger partial charge < -0.3 is 15.1 Å². The highest BCUT2D eigenvalue weighted by molar-refractivity contribution is 7.12. The van der Waals surface area contributed by atoms with E-state index in [1.807, 2.05) is 0 Å². The van der Waals surface area contributed by atoms with Crippen LogP contribution in [0.5, 0.6) is 0 Å². The molecule has 0 radical (unpaired) electrons. The number of thiophene rings is 1. The topological polar surface area (TPSA) is 91.7 Å². The highest BCUT2D eigenvalue weighted by Gasteiger charge is 2.37. The second-order valence-corrected chi connectivity index (χ2v) is 9.52. The summed E-state index contributed by atoms with van der Waals surface area (Å²) in [4.78, 5) is 41.1. The average Bonchev–Trinajstić information content (AvgIpc) is 3.54. The summed E-state index contributed by atoms with van der Waals surface area (Å²) < 4.78 is 20.8. The van der Waals surface area contributed by atoms with Crippen molar-refractivity contribution >= 4 is 34.7 Å². The Hall–Kier alpha value is -3.46. The normalized spacial score (nSPS) is 14.8. The van der Waals surface area contributed by atoms with Crippen LogP contribution in [0.25, 0.3) is 0 Å². The minimum absolute atomic E-state index is 0.0223. The smallest absolute Gasteiger partial charge is 0.261 e. The molecule has 2 aromatic heterocycles. The second kappa shape index (κ2) is 11.3. The number of aryl methyl sites for hydroxylation is 1. The van der Waals surface area contributed by atoms with E-state index in [9.17, 15) is 18.8 Å². The summed E-state index contributed by atoms with van der Waals surface area (Å²) >= 11 is 1.24. The maximum Gasteiger partial charge on any atom is 0.261 e. The summed E-state index contributed by atoms with van der Waals surface area (Å²) in [6, 6.07) is 11.2. The fraction of sp³-hybridized carbons (Fsp3) is 0.346. The van der Waals surface area contributed by atoms with Crippen molar-refractivity contribution in [2.45, 2.75) is 51.1 Å². The van der Waals surface area contributed by atoms with Gasteiger partial charge in [0, 0.05) is 6.04 Å². The highest BCUT2D eigenvalue weighted by Crippen LogP contribution is 2.31. The summed E-state index contributed by atoms with van der Waals surface area (Å²) in [6.45, 7) is 1.31. The molecule has 1 atom stereocenters. The zero-order valence-corrected chi connectivity index (χ0v) is 20.3. The number of benzene rings is 1. The number of amides is 3. The first-order valence-electron chi connectivity index (χ1n) is 11.7. The summed E-state index contributed by atoms with van der Waals surface area (Å²) in [6.07, 6.45) is 4.84. The van der Waals surface area contributed by atoms with Crippen molar-refractivity contribution in [2.24, 2.45) is 0 Å². The number of carbonyl (C=O) groups is 3. The van der Waals surface area contributed by atoms with Crippen molar-refractivity contribution in [1.82, 2.24) is 10.6 Å². The van der Waals surface area contributed by atoms with E-state index >= 15 is 0 Å². The molecule has 1 saturated carbocycles. The SMILES string of the molecule is Cc1ccc([C@H](C(=O)NC2CCCCC2)N(C(=O)CNC(=O)c2cccs2)c2ccccc2F)o1. The molecule has 1 fully saturated rings. The van der Waals surface area contributed by atoms with Crippen LogP contribution in [0, 0.1) is 12.7 Å². The summed E-state index contributed by atoms with van der Waals surface area (Å²) in [5.74, 6) is -1.40. The lowest BCUT2D eigenvalue weighted by Gasteiger charge is -2.32. The Morgan fingerprint density at radius 3 is 2.51 bits per heavy atom. The van der Waals surface area contributed by atoms with Gasteiger partial charge in [-0.05, 0) is 55.5 Å². The Morgan fingerprint density at radius 1 is 1.09 bits per heavy atom. The molecule has 0 spiro atoms. The number of hydrogen-bond acceptors (Lipinski definition) is 5. The van der Waals surface area contributed by atoms with Crippen LogP contribution in [0.3, 0.4) is 0 Å². The van der Waals surface area contributed by atoms with E-state index in [0.717, 1.165) is 37.0 Å². The van der Waals surface area contributed by atoms with Gasteiger partial charge in [-0.15, -0.1) is 11.3 Å². The number of nitrogens with one attached hydrogen (secondary N) is 2. The molecule has 0 aliphatic heterocycles. The molecule has 0 bridgehead atoms. The molecule has 2 N–H and O–H groups in total. The van der Waals surface area contributed by atoms with Gasteiger partial charge >= 0.3 is 0 Å². The van der Waals surface area contributed by atoms with E-state index in [-0.39, 0.29) is 17.5 Å². The Labute approximate surface area is 207 Å². The number of nitrogens with zero attached hydrogens (tertiary/aromatic N) is 1. The van der Waals surface area contributed by atoms with Crippen molar-refractivity contribution < 1.29 is 23.2 Å². The largest absolute Gasteiger partial charge is 0.464 e. The fourth-order valence-corrected chi connectivity index (χ4v) is 4.94. The fourth-order valence-electron chi connectivity index (χ4n) is 4.30. The Kier molecular flexibility index (Phi) is 7.97. The summed E-state index contributed by atoms with van der Waals surface area (Å²) in [5.41, 5.74) is -0.0688. The van der Waals surface area contributed by atoms with Gasteiger partial charge in [-0.3, -0.25) is 19.3 Å². The van der Waals surface area contributed by atoms with E-state index in [1.54, 1.807) is 42.6 Å². The Morgan fingerprint density at radius 2 is 1.86 bits per heavy atom. The minimum atomic E-state index is -1.24. The molecule has 0 unspecified atom stereocenters. The van der Waals surface area contributed by atoms with Crippen molar-refractivity contribution in [1.29, 1.82) is 0 Å². The van der Waals surface area contributed by atoms with Gasteiger partial charge in [0.25, 0.3) is 11.8 Å². The lowest BCUT2D eigenvalue weighted by molar-refractivity contribution is -0.127. The van der Waals surface area contributed by atoms with E-state index in [1.165, 1.54) is 29.5 Å². The third kappa shape index (κ3) is 5.97. The van der Waals surface area contributed by atoms with Crippen LogP contribution in [0.15, 0.2) is 58.3 Å². The molecule has 1 aromatic carbocycles. The predicted molar refractivity (Wildman–Crippen MR) is 132 cm³/mol. The van der Waals surface area contributed by atoms with E-state index in [4.69, 9.17) is 4.42 Å². The zero-order chi connectivity index (χ0) is 24.8. The van der Waals surface area contributed by atoms with E-state index < -0.39 is 36.1 Å². The molecule has 35 heavy (non-hydrogen) atoms. The first-order valence-corrected chi connectivity index (χ1v) is 12.6. The Bertz CT molecular complexity index is 1170. The molecule has 3 aromatic rings. The Balaban J connectivity index is 1.66. The van der Waals surface area contributed by atoms with Gasteiger partial charge in [-0.25, -0.2) is 4.39 Å². The molecular weight excluding hydrogens is 469 g/mol. The minimum Gasteiger partial charge on any atom is -0.464 e. The van der Waals surface area contributed by atoms with Crippen LogP contribution < -0.4 is 15.5 Å². The molecule has 184 valence electrons. The van der Waals surface area contributed by atoms with Gasteiger partial charge in [0.15, 0.2) is 6.04 Å². The first-order chi connectivity index (χ1) is 16.9. The van der Waals surface area contributed by atoms with Crippen LogP contribution in [0.2, 0.25) is 0 Å². The number of halogens is 1. The molecule has 4 rings (SSSR count). The van der Waals surface area contributed by atoms with Crippen LogP contribution in [-0.4, -0.2) is 30.3 Å². The number of furan rings is 1. The average molecular weight is 498 g/mol. The molecule has 3 amide bonds. The van der Waals surface area contributed by atoms with Gasteiger partial charge in [0.05, 0.1) is 17.1 Å². The molecule has 7 nitrogen and oxygen atoms in total. The van der Waals surface area contributed by atoms with E-state index in [0.29, 0.717) is 10.6 Å². The van der Waals surface area contributed by atoms with Gasteiger partial charge in [-0.1, -0.05) is 37.5 Å². The molecule has 9 heteroatoms. The highest BCUT2D eigenvalue weighted by atomic mass is 32.1. The lowest BCUT2D eigenvalue weighted by Crippen LogP contribution is -2.49. The number of anilines is 1. The number of carbonyl (C=O) groups excluding carboxylic acids is 3. The van der Waals surface area contributed by atoms with Crippen LogP contribution in [0.4, 0.5) is 10.1 Å². The number of hydrogen-bond donors (Lipinski definition) is 2. The van der Waals surface area contributed by atoms with Crippen LogP contribution in [0.1, 0.15) is 59.3 Å². The third-order valence-corrected chi connectivity index (χ3v) is 6.88. The molecule has 1 aliphatic carbocycles. The number of rotatable bonds is 8. The molecule has 0 saturated heterocycles. The quantitative estimate of drug-likeness (QED) is 0.470. The number of para-hydroxylation sites is 1. The predicted octanol–water partition coefficient (Wildman–Crippen LogP) is 4.74. The standard InChI is InChI=1S/C26H28FN3O4S/c1-17-13-14-21(34-17)24(26(33)29-18-8-3-2-4-9-18)30(20-11-6-5-10-19(20)27)23(31)16-28-25(32)22-12-7-15-35-22/h5-7,10-15,18,24H,2-4,8-9,16H2,1H3,(H,28,32)(H,29,33)/t24-/m1/s1. The van der Waals surface area contributed by atoms with Crippen molar-refractivity contribution in [2.75, 3.05) is 11.4 Å². The van der Waals surface area contributed by atoms with Gasteiger partial charge in [-0.2, -0.15) is 0 Å². The van der Waals surface area contributed by atoms with Crippen molar-refractivity contribution in [3.8, 4) is 0 Å². The maximum absolute atomic E-state index is 15.0. The summed E-state index contributed by atoms with van der Waals surface area (Å²) in [7, 11) is 0. The maximum atomic E-state index is 15.0. The third-order valence-electron chi connectivity index (χ3n) is 6.01.